The number of rotatable bonds is 6. The fourth-order valence-corrected chi connectivity index (χ4v) is 4.55. The summed E-state index contributed by atoms with van der Waals surface area (Å²) >= 11 is 3.19. The van der Waals surface area contributed by atoms with E-state index in [0.717, 1.165) is 43.7 Å². The molecular formula is C21H17F3O3S2. The first-order chi connectivity index (χ1) is 13.7. The molecule has 3 nitrogen and oxygen atoms in total. The number of thiophene rings is 1. The highest BCUT2D eigenvalue weighted by Crippen LogP contribution is 2.35. The topological polar surface area (TPSA) is 35.5 Å². The fourth-order valence-electron chi connectivity index (χ4n) is 2.50. The Morgan fingerprint density at radius 1 is 1.07 bits per heavy atom. The van der Waals surface area contributed by atoms with Gasteiger partial charge in [-0.25, -0.2) is 4.79 Å². The van der Waals surface area contributed by atoms with Gasteiger partial charge < -0.3 is 0 Å². The number of carbonyl (C=O) groups excluding carboxylic acids is 1. The minimum absolute atomic E-state index is 0.477. The standard InChI is InChI=1S/C21H17F3O3S2/c1-13-11-17(7-9-19(13)27-26-14(2)25)28-12-18-8-10-20(29-18)15-3-5-16(6-4-15)21(22,23)24/h3-11H,12H2,1-2H3. The highest BCUT2D eigenvalue weighted by atomic mass is 32.2. The first-order valence-corrected chi connectivity index (χ1v) is 10.4. The molecule has 0 saturated carbocycles. The molecule has 3 aromatic rings. The van der Waals surface area contributed by atoms with E-state index >= 15 is 0 Å². The number of halogens is 3. The molecule has 152 valence electrons. The van der Waals surface area contributed by atoms with Gasteiger partial charge in [-0.2, -0.15) is 13.2 Å². The number of hydrogen-bond acceptors (Lipinski definition) is 5. The van der Waals surface area contributed by atoms with E-state index in [2.05, 4.69) is 4.89 Å². The summed E-state index contributed by atoms with van der Waals surface area (Å²) in [5.41, 5.74) is 0.958. The summed E-state index contributed by atoms with van der Waals surface area (Å²) < 4.78 is 38.1. The van der Waals surface area contributed by atoms with Gasteiger partial charge in [-0.05, 0) is 60.5 Å². The van der Waals surface area contributed by atoms with Crippen LogP contribution in [0.1, 0.15) is 22.9 Å². The molecule has 0 saturated heterocycles. The van der Waals surface area contributed by atoms with Gasteiger partial charge >= 0.3 is 12.1 Å². The maximum Gasteiger partial charge on any atom is 0.416 e. The Hall–Kier alpha value is -2.45. The molecule has 8 heteroatoms. The Morgan fingerprint density at radius 2 is 1.79 bits per heavy atom. The van der Waals surface area contributed by atoms with Crippen molar-refractivity contribution in [1.29, 1.82) is 0 Å². The molecule has 0 spiro atoms. The van der Waals surface area contributed by atoms with Crippen molar-refractivity contribution in [3.63, 3.8) is 0 Å². The zero-order chi connectivity index (χ0) is 21.0. The lowest BCUT2D eigenvalue weighted by atomic mass is 10.1. The lowest BCUT2D eigenvalue weighted by molar-refractivity contribution is -0.211. The molecule has 0 N–H and O–H groups in total. The Balaban J connectivity index is 1.62. The van der Waals surface area contributed by atoms with Crippen LogP contribution >= 0.6 is 23.1 Å². The molecule has 0 aliphatic rings. The molecule has 0 radical (unpaired) electrons. The maximum atomic E-state index is 12.7. The first-order valence-electron chi connectivity index (χ1n) is 8.57. The van der Waals surface area contributed by atoms with E-state index < -0.39 is 17.7 Å². The number of alkyl halides is 3. The van der Waals surface area contributed by atoms with Crippen molar-refractivity contribution < 1.29 is 27.7 Å². The van der Waals surface area contributed by atoms with Crippen LogP contribution in [-0.4, -0.2) is 5.97 Å². The zero-order valence-electron chi connectivity index (χ0n) is 15.6. The minimum atomic E-state index is -4.33. The third-order valence-electron chi connectivity index (χ3n) is 3.93. The second-order valence-corrected chi connectivity index (χ2v) is 8.43. The third kappa shape index (κ3) is 5.77. The molecule has 0 aliphatic heterocycles. The van der Waals surface area contributed by atoms with E-state index in [1.54, 1.807) is 29.2 Å². The van der Waals surface area contributed by atoms with Gasteiger partial charge in [0, 0.05) is 27.3 Å². The van der Waals surface area contributed by atoms with E-state index in [-0.39, 0.29) is 0 Å². The van der Waals surface area contributed by atoms with Gasteiger partial charge in [-0.1, -0.05) is 12.1 Å². The Kier molecular flexibility index (Phi) is 6.54. The lowest BCUT2D eigenvalue weighted by Crippen LogP contribution is -2.03. The predicted octanol–water partition coefficient (Wildman–Crippen LogP) is 6.89. The molecule has 0 aliphatic carbocycles. The van der Waals surface area contributed by atoms with Gasteiger partial charge in [0.2, 0.25) is 0 Å². The van der Waals surface area contributed by atoms with Crippen LogP contribution < -0.4 is 4.89 Å². The lowest BCUT2D eigenvalue weighted by Gasteiger charge is -2.07. The minimum Gasteiger partial charge on any atom is -0.287 e. The van der Waals surface area contributed by atoms with E-state index in [9.17, 15) is 18.0 Å². The number of thioether (sulfide) groups is 1. The van der Waals surface area contributed by atoms with Crippen molar-refractivity contribution in [3.05, 3.63) is 70.6 Å². The molecule has 3 rings (SSSR count). The molecule has 1 heterocycles. The SMILES string of the molecule is CC(=O)OOc1ccc(SCc2ccc(-c3ccc(C(F)(F)F)cc3)s2)cc1C. The quantitative estimate of drug-likeness (QED) is 0.238. The second kappa shape index (κ2) is 8.92. The van der Waals surface area contributed by atoms with E-state index in [0.29, 0.717) is 5.75 Å². The zero-order valence-corrected chi connectivity index (χ0v) is 17.2. The van der Waals surface area contributed by atoms with Crippen molar-refractivity contribution in [2.75, 3.05) is 0 Å². The van der Waals surface area contributed by atoms with Crippen LogP contribution in [0.5, 0.6) is 5.75 Å². The van der Waals surface area contributed by atoms with Crippen LogP contribution in [0.3, 0.4) is 0 Å². The summed E-state index contributed by atoms with van der Waals surface area (Å²) in [4.78, 5) is 23.4. The molecule has 1 aromatic heterocycles. The first kappa shape index (κ1) is 21.3. The van der Waals surface area contributed by atoms with Gasteiger partial charge in [-0.3, -0.25) is 9.78 Å². The van der Waals surface area contributed by atoms with Crippen LogP contribution in [0.2, 0.25) is 0 Å². The highest BCUT2D eigenvalue weighted by Gasteiger charge is 2.30. The monoisotopic (exact) mass is 438 g/mol. The van der Waals surface area contributed by atoms with Gasteiger partial charge in [0.25, 0.3) is 0 Å². The molecular weight excluding hydrogens is 421 g/mol. The Labute approximate surface area is 174 Å². The summed E-state index contributed by atoms with van der Waals surface area (Å²) in [6.07, 6.45) is -4.33. The highest BCUT2D eigenvalue weighted by molar-refractivity contribution is 7.98. The van der Waals surface area contributed by atoms with Crippen LogP contribution in [-0.2, 0) is 21.6 Å². The predicted molar refractivity (Wildman–Crippen MR) is 108 cm³/mol. The molecule has 0 unspecified atom stereocenters. The molecule has 0 amide bonds. The summed E-state index contributed by atoms with van der Waals surface area (Å²) in [6.45, 7) is 3.12. The van der Waals surface area contributed by atoms with E-state index in [1.807, 2.05) is 31.2 Å². The van der Waals surface area contributed by atoms with Crippen LogP contribution in [0, 0.1) is 6.92 Å². The molecule has 2 aromatic carbocycles. The number of benzene rings is 2. The summed E-state index contributed by atoms with van der Waals surface area (Å²) in [5.74, 6) is 0.684. The van der Waals surface area contributed by atoms with Gasteiger partial charge in [0.05, 0.1) is 5.56 Å². The normalized spacial score (nSPS) is 11.3. The molecule has 29 heavy (non-hydrogen) atoms. The molecule has 0 atom stereocenters. The van der Waals surface area contributed by atoms with Gasteiger partial charge in [-0.15, -0.1) is 23.1 Å². The Morgan fingerprint density at radius 3 is 2.41 bits per heavy atom. The fraction of sp³-hybridized carbons (Fsp3) is 0.190. The molecule has 0 fully saturated rings. The van der Waals surface area contributed by atoms with Crippen molar-refractivity contribution in [2.45, 2.75) is 30.7 Å². The van der Waals surface area contributed by atoms with Crippen LogP contribution in [0.25, 0.3) is 10.4 Å². The van der Waals surface area contributed by atoms with E-state index in [1.165, 1.54) is 19.1 Å². The van der Waals surface area contributed by atoms with Gasteiger partial charge in [0.15, 0.2) is 5.75 Å². The number of aryl methyl sites for hydroxylation is 1. The van der Waals surface area contributed by atoms with Crippen molar-refractivity contribution in [2.24, 2.45) is 0 Å². The Bertz CT molecular complexity index is 995. The third-order valence-corrected chi connectivity index (χ3v) is 6.29. The van der Waals surface area contributed by atoms with Crippen molar-refractivity contribution in [3.8, 4) is 16.2 Å². The van der Waals surface area contributed by atoms with E-state index in [4.69, 9.17) is 4.89 Å². The average Bonchev–Trinajstić information content (AvgIpc) is 3.14. The largest absolute Gasteiger partial charge is 0.416 e. The van der Waals surface area contributed by atoms with Crippen LogP contribution in [0.15, 0.2) is 59.5 Å². The van der Waals surface area contributed by atoms with Crippen molar-refractivity contribution in [1.82, 2.24) is 0 Å². The van der Waals surface area contributed by atoms with Crippen molar-refractivity contribution >= 4 is 29.1 Å². The number of hydrogen-bond donors (Lipinski definition) is 0. The number of carbonyl (C=O) groups is 1. The smallest absolute Gasteiger partial charge is 0.287 e. The van der Waals surface area contributed by atoms with Gasteiger partial charge in [0.1, 0.15) is 0 Å². The maximum absolute atomic E-state index is 12.7. The second-order valence-electron chi connectivity index (χ2n) is 6.22. The average molecular weight is 438 g/mol. The summed E-state index contributed by atoms with van der Waals surface area (Å²) in [7, 11) is 0. The summed E-state index contributed by atoms with van der Waals surface area (Å²) in [6, 6.07) is 14.7. The van der Waals surface area contributed by atoms with Crippen LogP contribution in [0.4, 0.5) is 13.2 Å². The summed E-state index contributed by atoms with van der Waals surface area (Å²) in [5, 5.41) is 0. The molecule has 0 bridgehead atoms.